The molecule has 6 nitrogen and oxygen atoms in total. The lowest BCUT2D eigenvalue weighted by molar-refractivity contribution is 0.248. The summed E-state index contributed by atoms with van der Waals surface area (Å²) >= 11 is 0. The van der Waals surface area contributed by atoms with Gasteiger partial charge >= 0.3 is 6.03 Å². The summed E-state index contributed by atoms with van der Waals surface area (Å²) in [6.07, 6.45) is 1.73. The first-order chi connectivity index (χ1) is 10.6. The average molecular weight is 303 g/mol. The Balaban J connectivity index is 1.74. The van der Waals surface area contributed by atoms with Crippen molar-refractivity contribution >= 4 is 11.8 Å². The molecule has 118 valence electrons. The molecule has 0 unspecified atom stereocenters. The molecule has 2 amide bonds. The van der Waals surface area contributed by atoms with Crippen LogP contribution < -0.4 is 15.4 Å². The minimum Gasteiger partial charge on any atom is -0.497 e. The fraction of sp³-hybridized carbons (Fsp3) is 0.375. The molecule has 22 heavy (non-hydrogen) atoms. The van der Waals surface area contributed by atoms with Gasteiger partial charge in [0.2, 0.25) is 0 Å². The molecule has 0 saturated heterocycles. The van der Waals surface area contributed by atoms with Crippen LogP contribution >= 0.6 is 0 Å². The molecule has 0 aliphatic carbocycles. The zero-order valence-corrected chi connectivity index (χ0v) is 13.1. The van der Waals surface area contributed by atoms with Crippen molar-refractivity contribution in [3.63, 3.8) is 0 Å². The van der Waals surface area contributed by atoms with Crippen LogP contribution in [0, 0.1) is 6.92 Å². The molecular formula is C16H21N3O3. The summed E-state index contributed by atoms with van der Waals surface area (Å²) in [4.78, 5) is 11.8. The maximum Gasteiger partial charge on any atom is 0.320 e. The van der Waals surface area contributed by atoms with Gasteiger partial charge in [0.25, 0.3) is 0 Å². The van der Waals surface area contributed by atoms with Gasteiger partial charge < -0.3 is 14.6 Å². The van der Waals surface area contributed by atoms with Gasteiger partial charge in [0, 0.05) is 12.1 Å². The number of anilines is 1. The molecule has 6 heteroatoms. The van der Waals surface area contributed by atoms with Crippen LogP contribution in [0.4, 0.5) is 10.6 Å². The third-order valence-electron chi connectivity index (χ3n) is 3.27. The lowest BCUT2D eigenvalue weighted by Gasteiger charge is -2.13. The monoisotopic (exact) mass is 303 g/mol. The summed E-state index contributed by atoms with van der Waals surface area (Å²) in [5, 5.41) is 9.22. The third-order valence-corrected chi connectivity index (χ3v) is 3.27. The zero-order valence-electron chi connectivity index (χ0n) is 13.1. The molecule has 0 fully saturated rings. The number of amides is 2. The average Bonchev–Trinajstić information content (AvgIpc) is 2.90. The Morgan fingerprint density at radius 2 is 2.09 bits per heavy atom. The van der Waals surface area contributed by atoms with Crippen molar-refractivity contribution in [3.8, 4) is 5.75 Å². The number of benzene rings is 1. The standard InChI is InChI=1S/C16H21N3O3/c1-11(4-5-13-6-8-14(21-3)9-7-13)17-16(20)18-15-10-12(2)22-19-15/h6-11H,4-5H2,1-3H3,(H2,17,18,19,20)/t11-/m1/s1. The van der Waals surface area contributed by atoms with Gasteiger partial charge in [-0.25, -0.2) is 4.79 Å². The number of aromatic nitrogens is 1. The molecule has 0 saturated carbocycles. The summed E-state index contributed by atoms with van der Waals surface area (Å²) in [5.41, 5.74) is 1.21. The maximum absolute atomic E-state index is 11.8. The molecule has 0 radical (unpaired) electrons. The highest BCUT2D eigenvalue weighted by molar-refractivity contribution is 5.88. The highest BCUT2D eigenvalue weighted by Crippen LogP contribution is 2.13. The first-order valence-electron chi connectivity index (χ1n) is 7.20. The van der Waals surface area contributed by atoms with Gasteiger partial charge in [-0.2, -0.15) is 0 Å². The molecule has 1 atom stereocenters. The number of aryl methyl sites for hydroxylation is 2. The van der Waals surface area contributed by atoms with Crippen molar-refractivity contribution in [2.24, 2.45) is 0 Å². The fourth-order valence-corrected chi connectivity index (χ4v) is 2.05. The van der Waals surface area contributed by atoms with Gasteiger partial charge in [-0.05, 0) is 44.4 Å². The second-order valence-electron chi connectivity index (χ2n) is 5.21. The van der Waals surface area contributed by atoms with E-state index in [1.54, 1.807) is 20.1 Å². The predicted molar refractivity (Wildman–Crippen MR) is 84.2 cm³/mol. The van der Waals surface area contributed by atoms with Gasteiger partial charge in [-0.1, -0.05) is 17.3 Å². The second kappa shape index (κ2) is 7.49. The first-order valence-corrected chi connectivity index (χ1v) is 7.20. The summed E-state index contributed by atoms with van der Waals surface area (Å²) in [7, 11) is 1.65. The van der Waals surface area contributed by atoms with Crippen LogP contribution in [-0.2, 0) is 6.42 Å². The zero-order chi connectivity index (χ0) is 15.9. The van der Waals surface area contributed by atoms with Crippen molar-refractivity contribution in [2.75, 3.05) is 12.4 Å². The van der Waals surface area contributed by atoms with E-state index in [-0.39, 0.29) is 12.1 Å². The summed E-state index contributed by atoms with van der Waals surface area (Å²) in [5.74, 6) is 1.91. The van der Waals surface area contributed by atoms with E-state index < -0.39 is 0 Å². The molecule has 0 spiro atoms. The van der Waals surface area contributed by atoms with Crippen LogP contribution in [0.1, 0.15) is 24.7 Å². The van der Waals surface area contributed by atoms with E-state index in [4.69, 9.17) is 9.26 Å². The van der Waals surface area contributed by atoms with Crippen molar-refractivity contribution in [3.05, 3.63) is 41.7 Å². The maximum atomic E-state index is 11.8. The molecule has 1 heterocycles. The van der Waals surface area contributed by atoms with Crippen LogP contribution in [0.15, 0.2) is 34.9 Å². The van der Waals surface area contributed by atoms with Crippen molar-refractivity contribution in [1.82, 2.24) is 10.5 Å². The molecule has 1 aromatic carbocycles. The summed E-state index contributed by atoms with van der Waals surface area (Å²) < 4.78 is 10.0. The largest absolute Gasteiger partial charge is 0.497 e. The van der Waals surface area contributed by atoms with E-state index >= 15 is 0 Å². The van der Waals surface area contributed by atoms with Crippen LogP contribution in [0.25, 0.3) is 0 Å². The van der Waals surface area contributed by atoms with E-state index in [1.165, 1.54) is 5.56 Å². The minimum absolute atomic E-state index is 0.0510. The summed E-state index contributed by atoms with van der Waals surface area (Å²) in [6.45, 7) is 3.74. The summed E-state index contributed by atoms with van der Waals surface area (Å²) in [6, 6.07) is 9.38. The minimum atomic E-state index is -0.282. The van der Waals surface area contributed by atoms with Gasteiger partial charge in [0.05, 0.1) is 7.11 Å². The predicted octanol–water partition coefficient (Wildman–Crippen LogP) is 3.13. The number of urea groups is 1. The van der Waals surface area contributed by atoms with Crippen LogP contribution in [0.3, 0.4) is 0 Å². The highest BCUT2D eigenvalue weighted by Gasteiger charge is 2.09. The highest BCUT2D eigenvalue weighted by atomic mass is 16.5. The lowest BCUT2D eigenvalue weighted by Crippen LogP contribution is -2.36. The Labute approximate surface area is 129 Å². The molecule has 2 N–H and O–H groups in total. The van der Waals surface area contributed by atoms with Gasteiger partial charge in [-0.3, -0.25) is 5.32 Å². The van der Waals surface area contributed by atoms with E-state index in [2.05, 4.69) is 15.8 Å². The van der Waals surface area contributed by atoms with E-state index in [0.29, 0.717) is 11.6 Å². The number of methoxy groups -OCH3 is 1. The van der Waals surface area contributed by atoms with E-state index in [0.717, 1.165) is 18.6 Å². The van der Waals surface area contributed by atoms with Gasteiger partial charge in [0.1, 0.15) is 11.5 Å². The van der Waals surface area contributed by atoms with E-state index in [1.807, 2.05) is 31.2 Å². The topological polar surface area (TPSA) is 76.4 Å². The Kier molecular flexibility index (Phi) is 5.41. The molecular weight excluding hydrogens is 282 g/mol. The SMILES string of the molecule is COc1ccc(CC[C@@H](C)NC(=O)Nc2cc(C)on2)cc1. The van der Waals surface area contributed by atoms with Crippen molar-refractivity contribution in [2.45, 2.75) is 32.7 Å². The molecule has 2 aromatic rings. The Morgan fingerprint density at radius 3 is 2.68 bits per heavy atom. The normalized spacial score (nSPS) is 11.8. The molecule has 1 aromatic heterocycles. The fourth-order valence-electron chi connectivity index (χ4n) is 2.05. The van der Waals surface area contributed by atoms with Gasteiger partial charge in [0.15, 0.2) is 5.82 Å². The Morgan fingerprint density at radius 1 is 1.36 bits per heavy atom. The van der Waals surface area contributed by atoms with Crippen LogP contribution in [-0.4, -0.2) is 24.3 Å². The quantitative estimate of drug-likeness (QED) is 0.859. The second-order valence-corrected chi connectivity index (χ2v) is 5.21. The number of nitrogens with zero attached hydrogens (tertiary/aromatic N) is 1. The number of carbonyl (C=O) groups is 1. The van der Waals surface area contributed by atoms with Crippen molar-refractivity contribution < 1.29 is 14.1 Å². The van der Waals surface area contributed by atoms with Crippen LogP contribution in [0.2, 0.25) is 0 Å². The number of nitrogens with one attached hydrogen (secondary N) is 2. The Hall–Kier alpha value is -2.50. The molecule has 0 aliphatic heterocycles. The Bertz CT molecular complexity index is 607. The molecule has 0 aliphatic rings. The number of hydrogen-bond donors (Lipinski definition) is 2. The van der Waals surface area contributed by atoms with Gasteiger partial charge in [-0.15, -0.1) is 0 Å². The molecule has 2 rings (SSSR count). The smallest absolute Gasteiger partial charge is 0.320 e. The third kappa shape index (κ3) is 4.80. The number of rotatable bonds is 6. The first kappa shape index (κ1) is 15.9. The number of ether oxygens (including phenoxy) is 1. The number of hydrogen-bond acceptors (Lipinski definition) is 4. The number of carbonyl (C=O) groups excluding carboxylic acids is 1. The van der Waals surface area contributed by atoms with Crippen LogP contribution in [0.5, 0.6) is 5.75 Å². The molecule has 0 bridgehead atoms. The lowest BCUT2D eigenvalue weighted by atomic mass is 10.1. The van der Waals surface area contributed by atoms with Crippen molar-refractivity contribution in [1.29, 1.82) is 0 Å². The van der Waals surface area contributed by atoms with E-state index in [9.17, 15) is 4.79 Å².